The quantitative estimate of drug-likeness (QED) is 0.714. The number of benzene rings is 1. The molecule has 0 fully saturated rings. The van der Waals surface area contributed by atoms with Crippen LogP contribution in [0.3, 0.4) is 0 Å². The van der Waals surface area contributed by atoms with Gasteiger partial charge in [0.05, 0.1) is 18.4 Å². The number of fused-ring (bicyclic) bond motifs is 1. The maximum Gasteiger partial charge on any atom is 0.337 e. The average molecular weight is 204 g/mol. The summed E-state index contributed by atoms with van der Waals surface area (Å²) in [5.74, 6) is 0.0146. The summed E-state index contributed by atoms with van der Waals surface area (Å²) < 4.78 is 4.63. The van der Waals surface area contributed by atoms with Crippen molar-refractivity contribution in [1.82, 2.24) is 0 Å². The highest BCUT2D eigenvalue weighted by atomic mass is 16.5. The molecule has 0 radical (unpaired) electrons. The number of aryl methyl sites for hydroxylation is 1. The van der Waals surface area contributed by atoms with Crippen molar-refractivity contribution in [3.8, 4) is 0 Å². The van der Waals surface area contributed by atoms with Crippen molar-refractivity contribution in [3.63, 3.8) is 0 Å². The van der Waals surface area contributed by atoms with Gasteiger partial charge in [0, 0.05) is 6.42 Å². The highest BCUT2D eigenvalue weighted by molar-refractivity contribution is 5.90. The number of allylic oxidation sites excluding steroid dienone is 1. The molecule has 2 rings (SSSR count). The fourth-order valence-corrected chi connectivity index (χ4v) is 1.72. The molecule has 0 atom stereocenters. The van der Waals surface area contributed by atoms with Gasteiger partial charge in [0.15, 0.2) is 0 Å². The molecule has 0 heterocycles. The van der Waals surface area contributed by atoms with Crippen LogP contribution in [-0.4, -0.2) is 18.2 Å². The maximum absolute atomic E-state index is 11.3. The first kappa shape index (κ1) is 9.77. The minimum Gasteiger partial charge on any atom is -0.512 e. The third kappa shape index (κ3) is 1.86. The Balaban J connectivity index is 2.42. The highest BCUT2D eigenvalue weighted by Gasteiger charge is 2.12. The minimum absolute atomic E-state index is 0.351. The van der Waals surface area contributed by atoms with E-state index in [9.17, 15) is 9.90 Å². The molecule has 0 saturated heterocycles. The first-order chi connectivity index (χ1) is 7.20. The molecule has 1 aliphatic rings. The average Bonchev–Trinajstić information content (AvgIpc) is 2.27. The summed E-state index contributed by atoms with van der Waals surface area (Å²) in [7, 11) is 1.36. The topological polar surface area (TPSA) is 46.5 Å². The van der Waals surface area contributed by atoms with Crippen molar-refractivity contribution in [2.45, 2.75) is 12.8 Å². The molecule has 1 aliphatic carbocycles. The van der Waals surface area contributed by atoms with Gasteiger partial charge in [0.25, 0.3) is 0 Å². The monoisotopic (exact) mass is 204 g/mol. The Morgan fingerprint density at radius 3 is 2.93 bits per heavy atom. The Morgan fingerprint density at radius 1 is 1.40 bits per heavy atom. The number of aliphatic hydroxyl groups is 1. The number of ether oxygens (including phenoxy) is 1. The lowest BCUT2D eigenvalue weighted by Crippen LogP contribution is -2.04. The molecule has 0 aliphatic heterocycles. The molecule has 3 nitrogen and oxygen atoms in total. The number of aliphatic hydroxyl groups excluding tert-OH is 1. The molecule has 0 bridgehead atoms. The van der Waals surface area contributed by atoms with Crippen LogP contribution in [-0.2, 0) is 11.2 Å². The van der Waals surface area contributed by atoms with Crippen LogP contribution in [0.2, 0.25) is 0 Å². The number of esters is 1. The predicted molar refractivity (Wildman–Crippen MR) is 56.7 cm³/mol. The van der Waals surface area contributed by atoms with Crippen molar-refractivity contribution >= 4 is 12.0 Å². The molecule has 1 aromatic rings. The van der Waals surface area contributed by atoms with Crippen molar-refractivity contribution in [2.24, 2.45) is 0 Å². The molecular formula is C12H12O3. The lowest BCUT2D eigenvalue weighted by atomic mass is 9.94. The molecule has 1 N–H and O–H groups in total. The van der Waals surface area contributed by atoms with Crippen molar-refractivity contribution in [2.75, 3.05) is 7.11 Å². The Morgan fingerprint density at radius 2 is 2.20 bits per heavy atom. The molecule has 0 aromatic heterocycles. The molecule has 78 valence electrons. The molecule has 0 amide bonds. The van der Waals surface area contributed by atoms with Gasteiger partial charge in [-0.3, -0.25) is 0 Å². The van der Waals surface area contributed by atoms with E-state index in [0.29, 0.717) is 17.7 Å². The van der Waals surface area contributed by atoms with Gasteiger partial charge in [-0.15, -0.1) is 0 Å². The molecule has 0 spiro atoms. The molecule has 1 aromatic carbocycles. The van der Waals surface area contributed by atoms with Gasteiger partial charge in [0.2, 0.25) is 0 Å². The standard InChI is InChI=1S/C12H12O3/c1-15-12(14)9-3-2-8-4-5-11(13)7-10(8)6-9/h2-3,6-7,13H,4-5H2,1H3. The van der Waals surface area contributed by atoms with Gasteiger partial charge in [-0.05, 0) is 35.8 Å². The van der Waals surface area contributed by atoms with E-state index in [1.165, 1.54) is 7.11 Å². The van der Waals surface area contributed by atoms with Crippen LogP contribution in [0.15, 0.2) is 24.0 Å². The zero-order valence-electron chi connectivity index (χ0n) is 8.49. The zero-order chi connectivity index (χ0) is 10.8. The smallest absolute Gasteiger partial charge is 0.337 e. The Hall–Kier alpha value is -1.77. The first-order valence-electron chi connectivity index (χ1n) is 4.81. The summed E-state index contributed by atoms with van der Waals surface area (Å²) in [6.45, 7) is 0. The molecular weight excluding hydrogens is 192 g/mol. The zero-order valence-corrected chi connectivity index (χ0v) is 8.49. The van der Waals surface area contributed by atoms with Crippen molar-refractivity contribution in [3.05, 3.63) is 40.6 Å². The molecule has 3 heteroatoms. The number of rotatable bonds is 1. The lowest BCUT2D eigenvalue weighted by Gasteiger charge is -2.13. The Labute approximate surface area is 88.0 Å². The van der Waals surface area contributed by atoms with Gasteiger partial charge >= 0.3 is 5.97 Å². The van der Waals surface area contributed by atoms with E-state index in [4.69, 9.17) is 0 Å². The second kappa shape index (κ2) is 3.77. The largest absolute Gasteiger partial charge is 0.512 e. The van der Waals surface area contributed by atoms with Crippen LogP contribution in [0, 0.1) is 0 Å². The fourth-order valence-electron chi connectivity index (χ4n) is 1.72. The van der Waals surface area contributed by atoms with Gasteiger partial charge in [0.1, 0.15) is 0 Å². The van der Waals surface area contributed by atoms with E-state index >= 15 is 0 Å². The summed E-state index contributed by atoms with van der Waals surface area (Å²) in [6.07, 6.45) is 3.19. The molecule has 15 heavy (non-hydrogen) atoms. The first-order valence-corrected chi connectivity index (χ1v) is 4.81. The second-order valence-electron chi connectivity index (χ2n) is 3.54. The van der Waals surface area contributed by atoms with E-state index < -0.39 is 0 Å². The minimum atomic E-state index is -0.351. The highest BCUT2D eigenvalue weighted by Crippen LogP contribution is 2.23. The van der Waals surface area contributed by atoms with Gasteiger partial charge in [-0.25, -0.2) is 4.79 Å². The Bertz CT molecular complexity index is 432. The maximum atomic E-state index is 11.3. The van der Waals surface area contributed by atoms with E-state index in [1.807, 2.05) is 6.07 Å². The van der Waals surface area contributed by atoms with E-state index in [1.54, 1.807) is 18.2 Å². The van der Waals surface area contributed by atoms with Crippen LogP contribution in [0.25, 0.3) is 6.08 Å². The summed E-state index contributed by atoms with van der Waals surface area (Å²) >= 11 is 0. The van der Waals surface area contributed by atoms with Crippen LogP contribution < -0.4 is 0 Å². The number of hydrogen-bond acceptors (Lipinski definition) is 3. The van der Waals surface area contributed by atoms with E-state index in [2.05, 4.69) is 4.74 Å². The summed E-state index contributed by atoms with van der Waals surface area (Å²) in [6, 6.07) is 5.40. The van der Waals surface area contributed by atoms with E-state index in [0.717, 1.165) is 17.5 Å². The van der Waals surface area contributed by atoms with Crippen molar-refractivity contribution < 1.29 is 14.6 Å². The van der Waals surface area contributed by atoms with Crippen molar-refractivity contribution in [1.29, 1.82) is 0 Å². The third-order valence-electron chi connectivity index (χ3n) is 2.54. The second-order valence-corrected chi connectivity index (χ2v) is 3.54. The third-order valence-corrected chi connectivity index (χ3v) is 2.54. The molecule has 0 saturated carbocycles. The van der Waals surface area contributed by atoms with Crippen LogP contribution in [0.5, 0.6) is 0 Å². The number of hydrogen-bond donors (Lipinski definition) is 1. The SMILES string of the molecule is COC(=O)c1ccc2c(c1)C=C(O)CC2. The summed E-state index contributed by atoms with van der Waals surface area (Å²) in [4.78, 5) is 11.3. The Kier molecular flexibility index (Phi) is 2.46. The summed E-state index contributed by atoms with van der Waals surface area (Å²) in [5.41, 5.74) is 2.57. The van der Waals surface area contributed by atoms with Crippen LogP contribution in [0.4, 0.5) is 0 Å². The predicted octanol–water partition coefficient (Wildman–Crippen LogP) is 2.32. The van der Waals surface area contributed by atoms with Gasteiger partial charge < -0.3 is 9.84 Å². The van der Waals surface area contributed by atoms with Gasteiger partial charge in [-0.1, -0.05) is 6.07 Å². The summed E-state index contributed by atoms with van der Waals surface area (Å²) in [5, 5.41) is 9.39. The number of carbonyl (C=O) groups is 1. The fraction of sp³-hybridized carbons (Fsp3) is 0.250. The van der Waals surface area contributed by atoms with E-state index in [-0.39, 0.29) is 5.97 Å². The molecule has 0 unspecified atom stereocenters. The van der Waals surface area contributed by atoms with Crippen LogP contribution >= 0.6 is 0 Å². The normalized spacial score (nSPS) is 14.1. The lowest BCUT2D eigenvalue weighted by molar-refractivity contribution is 0.0600. The number of carbonyl (C=O) groups excluding carboxylic acids is 1. The van der Waals surface area contributed by atoms with Crippen LogP contribution in [0.1, 0.15) is 27.9 Å². The van der Waals surface area contributed by atoms with Gasteiger partial charge in [-0.2, -0.15) is 0 Å². The number of methoxy groups -OCH3 is 1.